The van der Waals surface area contributed by atoms with Crippen LogP contribution in [-0.2, 0) is 9.47 Å². The lowest BCUT2D eigenvalue weighted by Crippen LogP contribution is -2.56. The number of aliphatic hydroxyl groups is 1. The number of nitrogens with zero attached hydrogens (tertiary/aromatic N) is 1. The number of carbonyl (C=O) groups excluding carboxylic acids is 1. The smallest absolute Gasteiger partial charge is 0.407 e. The average Bonchev–Trinajstić information content (AvgIpc) is 2.81. The maximum absolute atomic E-state index is 12.0. The van der Waals surface area contributed by atoms with Gasteiger partial charge in [0.2, 0.25) is 0 Å². The molecule has 0 aromatic heterocycles. The standard InChI is InChI=1S/C26H41N3O4S/c1-26(2,3)24(27)33-23-14-18-10-8-9-11-19(18)15-29(23)16-22(30)21(28-25(31)32-4)17-34-20-12-6-5-7-13-20/h5-7,12-13,18-19,21-23,27,30H,8-11,14-17H2,1-4H3,(H,28,31)/t18-,19+,21-,22+,23+/m0/s1. The van der Waals surface area contributed by atoms with Crippen molar-refractivity contribution >= 4 is 23.8 Å². The van der Waals surface area contributed by atoms with Crippen molar-refractivity contribution in [1.82, 2.24) is 10.2 Å². The molecule has 34 heavy (non-hydrogen) atoms. The van der Waals surface area contributed by atoms with Crippen LogP contribution in [0.1, 0.15) is 52.9 Å². The molecule has 3 N–H and O–H groups in total. The molecule has 1 aromatic rings. The van der Waals surface area contributed by atoms with Crippen LogP contribution in [0.4, 0.5) is 4.79 Å². The largest absolute Gasteiger partial charge is 0.462 e. The van der Waals surface area contributed by atoms with Crippen LogP contribution in [0.15, 0.2) is 35.2 Å². The molecular formula is C26H41N3O4S. The molecule has 0 spiro atoms. The molecule has 0 bridgehead atoms. The van der Waals surface area contributed by atoms with Crippen LogP contribution in [0.25, 0.3) is 0 Å². The zero-order chi connectivity index (χ0) is 24.7. The molecule has 1 amide bonds. The van der Waals surface area contributed by atoms with Crippen molar-refractivity contribution in [3.63, 3.8) is 0 Å². The molecule has 2 aliphatic rings. The SMILES string of the molecule is COC(=O)N[C@@H](CSc1ccccc1)[C@H](O)CN1C[C@H]2CCCC[C@H]2C[C@H]1OC(=N)C(C)(C)C. The van der Waals surface area contributed by atoms with E-state index in [-0.39, 0.29) is 17.5 Å². The number of hydrogen-bond donors (Lipinski definition) is 3. The molecule has 3 rings (SSSR count). The molecule has 8 heteroatoms. The van der Waals surface area contributed by atoms with Crippen LogP contribution in [0, 0.1) is 22.7 Å². The van der Waals surface area contributed by atoms with Crippen molar-refractivity contribution in [3.8, 4) is 0 Å². The number of rotatable bonds is 8. The number of likely N-dealkylation sites (tertiary alicyclic amines) is 1. The van der Waals surface area contributed by atoms with Crippen molar-refractivity contribution in [2.45, 2.75) is 76.1 Å². The number of hydrogen-bond acceptors (Lipinski definition) is 7. The third kappa shape index (κ3) is 7.62. The van der Waals surface area contributed by atoms with Crippen LogP contribution in [0.3, 0.4) is 0 Å². The minimum Gasteiger partial charge on any atom is -0.462 e. The van der Waals surface area contributed by atoms with Gasteiger partial charge >= 0.3 is 6.09 Å². The Labute approximate surface area is 208 Å². The Balaban J connectivity index is 1.71. The maximum Gasteiger partial charge on any atom is 0.407 e. The lowest BCUT2D eigenvalue weighted by Gasteiger charge is -2.47. The number of ether oxygens (including phenoxy) is 2. The first-order valence-corrected chi connectivity index (χ1v) is 13.4. The van der Waals surface area contributed by atoms with E-state index in [1.165, 1.54) is 32.8 Å². The van der Waals surface area contributed by atoms with Gasteiger partial charge < -0.3 is 19.9 Å². The van der Waals surface area contributed by atoms with Crippen LogP contribution in [0.5, 0.6) is 0 Å². The van der Waals surface area contributed by atoms with Gasteiger partial charge in [-0.1, -0.05) is 51.8 Å². The second kappa shape index (κ2) is 12.3. The minimum absolute atomic E-state index is 0.235. The van der Waals surface area contributed by atoms with Crippen LogP contribution < -0.4 is 5.32 Å². The summed E-state index contributed by atoms with van der Waals surface area (Å²) in [5, 5.41) is 22.5. The van der Waals surface area contributed by atoms with E-state index in [1.807, 2.05) is 51.1 Å². The van der Waals surface area contributed by atoms with Crippen molar-refractivity contribution in [2.75, 3.05) is 26.0 Å². The zero-order valence-electron chi connectivity index (χ0n) is 21.0. The summed E-state index contributed by atoms with van der Waals surface area (Å²) >= 11 is 1.59. The average molecular weight is 492 g/mol. The summed E-state index contributed by atoms with van der Waals surface area (Å²) in [7, 11) is 1.33. The highest BCUT2D eigenvalue weighted by molar-refractivity contribution is 7.99. The summed E-state index contributed by atoms with van der Waals surface area (Å²) in [5.41, 5.74) is -0.366. The van der Waals surface area contributed by atoms with E-state index in [9.17, 15) is 9.90 Å². The lowest BCUT2D eigenvalue weighted by atomic mass is 9.74. The van der Waals surface area contributed by atoms with Gasteiger partial charge in [-0.2, -0.15) is 0 Å². The molecule has 1 heterocycles. The fourth-order valence-electron chi connectivity index (χ4n) is 4.82. The van der Waals surface area contributed by atoms with Gasteiger partial charge in [0.1, 0.15) is 0 Å². The number of thioether (sulfide) groups is 1. The van der Waals surface area contributed by atoms with E-state index in [2.05, 4.69) is 10.2 Å². The van der Waals surface area contributed by atoms with E-state index >= 15 is 0 Å². The van der Waals surface area contributed by atoms with Crippen LogP contribution >= 0.6 is 11.8 Å². The van der Waals surface area contributed by atoms with Crippen molar-refractivity contribution < 1.29 is 19.4 Å². The third-order valence-electron chi connectivity index (χ3n) is 6.93. The fourth-order valence-corrected chi connectivity index (χ4v) is 5.85. The van der Waals surface area contributed by atoms with Gasteiger partial charge in [-0.05, 0) is 36.8 Å². The van der Waals surface area contributed by atoms with E-state index in [1.54, 1.807) is 11.8 Å². The number of piperidine rings is 1. The molecule has 5 atom stereocenters. The summed E-state index contributed by atoms with van der Waals surface area (Å²) in [6.45, 7) is 7.17. The molecule has 0 radical (unpaired) electrons. The Morgan fingerprint density at radius 1 is 1.24 bits per heavy atom. The second-order valence-corrected chi connectivity index (χ2v) is 11.7. The number of carbonyl (C=O) groups is 1. The highest BCUT2D eigenvalue weighted by Gasteiger charge is 2.40. The number of nitrogens with one attached hydrogen (secondary N) is 2. The van der Waals surface area contributed by atoms with Crippen molar-refractivity contribution in [1.29, 1.82) is 5.41 Å². The Bertz CT molecular complexity index is 801. The van der Waals surface area contributed by atoms with E-state index in [4.69, 9.17) is 14.9 Å². The normalized spacial score (nSPS) is 25.0. The molecule has 2 fully saturated rings. The first kappa shape index (κ1) is 26.8. The molecule has 1 aliphatic heterocycles. The molecule has 190 valence electrons. The Hall–Kier alpha value is -1.77. The third-order valence-corrected chi connectivity index (χ3v) is 8.06. The van der Waals surface area contributed by atoms with Gasteiger partial charge in [0.25, 0.3) is 0 Å². The summed E-state index contributed by atoms with van der Waals surface area (Å²) in [4.78, 5) is 15.3. The quantitative estimate of drug-likeness (QED) is 0.276. The maximum atomic E-state index is 12.0. The number of benzene rings is 1. The molecule has 1 saturated heterocycles. The highest BCUT2D eigenvalue weighted by atomic mass is 32.2. The predicted octanol–water partition coefficient (Wildman–Crippen LogP) is 4.74. The number of alkyl carbamates (subject to hydrolysis) is 1. The highest BCUT2D eigenvalue weighted by Crippen LogP contribution is 2.39. The molecule has 1 aromatic carbocycles. The van der Waals surface area contributed by atoms with Gasteiger partial charge in [0.05, 0.1) is 19.3 Å². The molecule has 1 aliphatic carbocycles. The summed E-state index contributed by atoms with van der Waals surface area (Å²) in [6, 6.07) is 9.46. The topological polar surface area (TPSA) is 94.9 Å². The Kier molecular flexibility index (Phi) is 9.68. The first-order valence-electron chi connectivity index (χ1n) is 12.4. The molecule has 0 unspecified atom stereocenters. The Morgan fingerprint density at radius 2 is 1.91 bits per heavy atom. The van der Waals surface area contributed by atoms with Crippen LogP contribution in [-0.4, -0.2) is 66.3 Å². The monoisotopic (exact) mass is 491 g/mol. The Morgan fingerprint density at radius 3 is 2.56 bits per heavy atom. The second-order valence-electron chi connectivity index (χ2n) is 10.6. The van der Waals surface area contributed by atoms with Crippen molar-refractivity contribution in [3.05, 3.63) is 30.3 Å². The summed E-state index contributed by atoms with van der Waals surface area (Å²) < 4.78 is 11.0. The summed E-state index contributed by atoms with van der Waals surface area (Å²) in [6.07, 6.45) is 4.22. The minimum atomic E-state index is -0.801. The zero-order valence-corrected chi connectivity index (χ0v) is 21.8. The van der Waals surface area contributed by atoms with E-state index in [0.717, 1.165) is 17.9 Å². The van der Waals surface area contributed by atoms with Gasteiger partial charge in [-0.15, -0.1) is 11.8 Å². The molecular weight excluding hydrogens is 450 g/mol. The van der Waals surface area contributed by atoms with Gasteiger partial charge in [0, 0.05) is 35.6 Å². The van der Waals surface area contributed by atoms with Gasteiger partial charge in [0.15, 0.2) is 12.1 Å². The number of methoxy groups -OCH3 is 1. The van der Waals surface area contributed by atoms with E-state index < -0.39 is 18.2 Å². The number of fused-ring (bicyclic) bond motifs is 1. The van der Waals surface area contributed by atoms with Crippen molar-refractivity contribution in [2.24, 2.45) is 17.3 Å². The predicted molar refractivity (Wildman–Crippen MR) is 136 cm³/mol. The van der Waals surface area contributed by atoms with E-state index in [0.29, 0.717) is 24.1 Å². The first-order chi connectivity index (χ1) is 16.2. The number of aliphatic hydroxyl groups excluding tert-OH is 1. The van der Waals surface area contributed by atoms with Gasteiger partial charge in [-0.25, -0.2) is 4.79 Å². The summed E-state index contributed by atoms with van der Waals surface area (Å²) in [5.74, 6) is 1.99. The lowest BCUT2D eigenvalue weighted by molar-refractivity contribution is -0.0878. The molecule has 7 nitrogen and oxygen atoms in total. The van der Waals surface area contributed by atoms with Crippen LogP contribution in [0.2, 0.25) is 0 Å². The molecule has 1 saturated carbocycles. The number of β-amino-alcohol motifs (C(OH)–C–C–N with tert-alkyl or cyclic N) is 1. The number of amides is 1. The van der Waals surface area contributed by atoms with Gasteiger partial charge in [-0.3, -0.25) is 10.3 Å². The fraction of sp³-hybridized carbons (Fsp3) is 0.692.